The van der Waals surface area contributed by atoms with Crippen LogP contribution in [0.25, 0.3) is 0 Å². The summed E-state index contributed by atoms with van der Waals surface area (Å²) in [6.07, 6.45) is 2.77. The van der Waals surface area contributed by atoms with Crippen molar-refractivity contribution in [2.75, 3.05) is 6.61 Å². The Morgan fingerprint density at radius 1 is 0.893 bits per heavy atom. The first-order valence-electron chi connectivity index (χ1n) is 10.3. The molecule has 3 nitrogen and oxygen atoms in total. The number of hydrogen-bond donors (Lipinski definition) is 1. The number of aliphatic hydroxyl groups is 1. The third-order valence-corrected chi connectivity index (χ3v) is 15.0. The SMILES string of the molecule is C/C(=C\Cc1c(O[Si](C)(C)C(C)(C)C)cccc1O[Si](C)(C)C(C)(C)C)CO. The minimum absolute atomic E-state index is 0.0731. The van der Waals surface area contributed by atoms with Gasteiger partial charge >= 0.3 is 0 Å². The van der Waals surface area contributed by atoms with E-state index in [1.54, 1.807) is 0 Å². The molecule has 0 unspecified atom stereocenters. The van der Waals surface area contributed by atoms with E-state index >= 15 is 0 Å². The lowest BCUT2D eigenvalue weighted by Gasteiger charge is -2.39. The van der Waals surface area contributed by atoms with Crippen molar-refractivity contribution in [3.63, 3.8) is 0 Å². The van der Waals surface area contributed by atoms with Gasteiger partial charge in [-0.05, 0) is 61.7 Å². The van der Waals surface area contributed by atoms with E-state index in [0.29, 0.717) is 6.42 Å². The van der Waals surface area contributed by atoms with E-state index in [9.17, 15) is 5.11 Å². The minimum atomic E-state index is -1.97. The van der Waals surface area contributed by atoms with Gasteiger partial charge in [0.15, 0.2) is 0 Å². The van der Waals surface area contributed by atoms with Gasteiger partial charge in [0.25, 0.3) is 0 Å². The van der Waals surface area contributed by atoms with Crippen molar-refractivity contribution in [1.82, 2.24) is 0 Å². The first-order chi connectivity index (χ1) is 12.5. The van der Waals surface area contributed by atoms with Crippen LogP contribution in [0.5, 0.6) is 11.5 Å². The van der Waals surface area contributed by atoms with E-state index in [1.807, 2.05) is 13.0 Å². The summed E-state index contributed by atoms with van der Waals surface area (Å²) in [6.45, 7) is 24.6. The maximum atomic E-state index is 9.42. The second-order valence-corrected chi connectivity index (χ2v) is 20.3. The Labute approximate surface area is 175 Å². The smallest absolute Gasteiger partial charge is 0.250 e. The van der Waals surface area contributed by atoms with Gasteiger partial charge < -0.3 is 14.0 Å². The van der Waals surface area contributed by atoms with Crippen LogP contribution in [0, 0.1) is 0 Å². The summed E-state index contributed by atoms with van der Waals surface area (Å²) >= 11 is 0. The molecule has 0 heterocycles. The fourth-order valence-electron chi connectivity index (χ4n) is 2.13. The van der Waals surface area contributed by atoms with Gasteiger partial charge in [-0.25, -0.2) is 0 Å². The van der Waals surface area contributed by atoms with E-state index in [2.05, 4.69) is 85.9 Å². The first kappa shape index (κ1) is 25.0. The Bertz CT molecular complexity index is 647. The quantitative estimate of drug-likeness (QED) is 0.382. The molecule has 0 radical (unpaired) electrons. The first-order valence-corrected chi connectivity index (χ1v) is 16.1. The van der Waals surface area contributed by atoms with Gasteiger partial charge in [-0.2, -0.15) is 0 Å². The Hall–Kier alpha value is -1.05. The molecule has 1 aromatic carbocycles. The lowest BCUT2D eigenvalue weighted by atomic mass is 10.1. The third kappa shape index (κ3) is 6.23. The average Bonchev–Trinajstić information content (AvgIpc) is 2.51. The molecule has 0 saturated carbocycles. The topological polar surface area (TPSA) is 38.7 Å². The van der Waals surface area contributed by atoms with Crippen LogP contribution in [-0.2, 0) is 6.42 Å². The van der Waals surface area contributed by atoms with Gasteiger partial charge in [0, 0.05) is 5.56 Å². The zero-order chi connectivity index (χ0) is 22.0. The standard InChI is InChI=1S/C23H42O3Si2/c1-18(17-24)15-16-19-20(25-27(8,9)22(2,3)4)13-12-14-21(19)26-28(10,11)23(5,6)7/h12-15,24H,16-17H2,1-11H3/b18-15+. The summed E-state index contributed by atoms with van der Waals surface area (Å²) in [6, 6.07) is 6.17. The minimum Gasteiger partial charge on any atom is -0.543 e. The van der Waals surface area contributed by atoms with Crippen molar-refractivity contribution in [2.45, 2.75) is 91.2 Å². The number of allylic oxidation sites excluding steroid dienone is 1. The molecule has 160 valence electrons. The van der Waals surface area contributed by atoms with Gasteiger partial charge in [-0.15, -0.1) is 0 Å². The Morgan fingerprint density at radius 2 is 1.29 bits per heavy atom. The highest BCUT2D eigenvalue weighted by Crippen LogP contribution is 2.42. The van der Waals surface area contributed by atoms with E-state index in [-0.39, 0.29) is 16.7 Å². The second-order valence-electron chi connectivity index (χ2n) is 10.9. The summed E-state index contributed by atoms with van der Waals surface area (Å²) in [5, 5.41) is 9.67. The molecule has 28 heavy (non-hydrogen) atoms. The third-order valence-electron chi connectivity index (χ3n) is 6.34. The molecule has 0 aromatic heterocycles. The predicted molar refractivity (Wildman–Crippen MR) is 127 cm³/mol. The highest BCUT2D eigenvalue weighted by Gasteiger charge is 2.41. The van der Waals surface area contributed by atoms with Crippen molar-refractivity contribution >= 4 is 16.6 Å². The summed E-state index contributed by atoms with van der Waals surface area (Å²) in [4.78, 5) is 0. The van der Waals surface area contributed by atoms with Gasteiger partial charge in [0.05, 0.1) is 6.61 Å². The van der Waals surface area contributed by atoms with Gasteiger partial charge in [-0.1, -0.05) is 59.3 Å². The molecular weight excluding hydrogens is 380 g/mol. The monoisotopic (exact) mass is 422 g/mol. The highest BCUT2D eigenvalue weighted by molar-refractivity contribution is 6.75. The molecule has 0 aliphatic heterocycles. The van der Waals surface area contributed by atoms with Gasteiger partial charge in [0.2, 0.25) is 16.6 Å². The molecule has 1 N–H and O–H groups in total. The largest absolute Gasteiger partial charge is 0.543 e. The maximum absolute atomic E-state index is 9.42. The second kappa shape index (κ2) is 8.76. The maximum Gasteiger partial charge on any atom is 0.250 e. The van der Waals surface area contributed by atoms with Crippen LogP contribution in [0.1, 0.15) is 54.0 Å². The zero-order valence-corrected chi connectivity index (χ0v) is 22.0. The Morgan fingerprint density at radius 3 is 1.61 bits per heavy atom. The molecule has 0 bridgehead atoms. The van der Waals surface area contributed by atoms with Crippen molar-refractivity contribution in [3.05, 3.63) is 35.4 Å². The number of benzene rings is 1. The van der Waals surface area contributed by atoms with Crippen molar-refractivity contribution in [1.29, 1.82) is 0 Å². The molecular formula is C23H42O3Si2. The van der Waals surface area contributed by atoms with E-state index in [0.717, 1.165) is 22.6 Å². The van der Waals surface area contributed by atoms with Crippen LogP contribution in [0.2, 0.25) is 36.3 Å². The fraction of sp³-hybridized carbons (Fsp3) is 0.652. The molecule has 0 spiro atoms. The van der Waals surface area contributed by atoms with Gasteiger partial charge in [-0.3, -0.25) is 0 Å². The van der Waals surface area contributed by atoms with E-state index in [4.69, 9.17) is 8.85 Å². The zero-order valence-electron chi connectivity index (χ0n) is 20.0. The van der Waals surface area contributed by atoms with Crippen LogP contribution in [0.15, 0.2) is 29.8 Å². The molecule has 1 aromatic rings. The summed E-state index contributed by atoms with van der Waals surface area (Å²) in [5.41, 5.74) is 2.05. The molecule has 0 aliphatic rings. The van der Waals surface area contributed by atoms with Gasteiger partial charge in [0.1, 0.15) is 11.5 Å². The Balaban J connectivity index is 3.44. The van der Waals surface area contributed by atoms with Crippen LogP contribution >= 0.6 is 0 Å². The fourth-order valence-corrected chi connectivity index (χ4v) is 4.23. The van der Waals surface area contributed by atoms with Crippen molar-refractivity contribution < 1.29 is 14.0 Å². The summed E-state index contributed by atoms with van der Waals surface area (Å²) < 4.78 is 13.4. The lowest BCUT2D eigenvalue weighted by Crippen LogP contribution is -2.45. The van der Waals surface area contributed by atoms with Crippen LogP contribution in [-0.4, -0.2) is 28.3 Å². The van der Waals surface area contributed by atoms with Crippen molar-refractivity contribution in [3.8, 4) is 11.5 Å². The Kier molecular flexibility index (Phi) is 7.82. The van der Waals surface area contributed by atoms with Crippen LogP contribution in [0.4, 0.5) is 0 Å². The number of hydrogen-bond acceptors (Lipinski definition) is 3. The molecule has 0 amide bonds. The van der Waals surface area contributed by atoms with E-state index < -0.39 is 16.6 Å². The van der Waals surface area contributed by atoms with Crippen LogP contribution < -0.4 is 8.85 Å². The normalized spacial score (nSPS) is 14.2. The molecule has 1 rings (SSSR count). The number of aliphatic hydroxyl groups excluding tert-OH is 1. The molecule has 0 atom stereocenters. The van der Waals surface area contributed by atoms with E-state index in [1.165, 1.54) is 0 Å². The van der Waals surface area contributed by atoms with Crippen LogP contribution in [0.3, 0.4) is 0 Å². The predicted octanol–water partition coefficient (Wildman–Crippen LogP) is 6.94. The lowest BCUT2D eigenvalue weighted by molar-refractivity contribution is 0.331. The molecule has 5 heteroatoms. The molecule has 0 aliphatic carbocycles. The molecule has 0 saturated heterocycles. The average molecular weight is 423 g/mol. The number of rotatable bonds is 7. The highest BCUT2D eigenvalue weighted by atomic mass is 28.4. The summed E-state index contributed by atoms with van der Waals surface area (Å²) in [5.74, 6) is 1.84. The molecule has 0 fully saturated rings. The van der Waals surface area contributed by atoms with Crippen molar-refractivity contribution in [2.24, 2.45) is 0 Å². The summed E-state index contributed by atoms with van der Waals surface area (Å²) in [7, 11) is -3.95.